The smallest absolute Gasteiger partial charge is 0.408 e. The lowest BCUT2D eigenvalue weighted by atomic mass is 9.86. The fraction of sp³-hybridized carbons (Fsp3) is 0.778. The number of nitriles is 1. The Morgan fingerprint density at radius 1 is 1.46 bits per heavy atom. The Labute approximate surface area is 77.9 Å². The van der Waals surface area contributed by atoms with Crippen molar-refractivity contribution in [2.75, 3.05) is 7.05 Å². The Balaban J connectivity index is 2.59. The first-order chi connectivity index (χ1) is 6.22. The molecule has 0 atom stereocenters. The molecule has 0 aliphatic heterocycles. The fourth-order valence-electron chi connectivity index (χ4n) is 1.59. The van der Waals surface area contributed by atoms with E-state index in [9.17, 15) is 4.79 Å². The van der Waals surface area contributed by atoms with Crippen LogP contribution in [0.5, 0.6) is 0 Å². The summed E-state index contributed by atoms with van der Waals surface area (Å²) in [4.78, 5) is 11.0. The number of alkyl carbamates (subject to hydrolysis) is 1. The van der Waals surface area contributed by atoms with Crippen LogP contribution in [-0.4, -0.2) is 18.7 Å². The zero-order valence-electron chi connectivity index (χ0n) is 7.80. The lowest BCUT2D eigenvalue weighted by molar-refractivity contribution is 0.0271. The second kappa shape index (κ2) is 4.13. The molecule has 1 fully saturated rings. The molecule has 1 amide bonds. The molecule has 1 N–H and O–H groups in total. The summed E-state index contributed by atoms with van der Waals surface area (Å²) in [6.45, 7) is 0. The van der Waals surface area contributed by atoms with E-state index in [4.69, 9.17) is 10.00 Å². The molecule has 0 bridgehead atoms. The lowest BCUT2D eigenvalue weighted by Gasteiger charge is -2.29. The number of hydrogen-bond acceptors (Lipinski definition) is 3. The monoisotopic (exact) mass is 182 g/mol. The van der Waals surface area contributed by atoms with E-state index in [1.165, 1.54) is 7.05 Å². The summed E-state index contributed by atoms with van der Waals surface area (Å²) in [5.74, 6) is 0. The first-order valence-corrected chi connectivity index (χ1v) is 4.54. The number of nitrogens with zero attached hydrogens (tertiary/aromatic N) is 1. The lowest BCUT2D eigenvalue weighted by Crippen LogP contribution is -2.38. The molecule has 0 unspecified atom stereocenters. The van der Waals surface area contributed by atoms with E-state index in [1.807, 2.05) is 0 Å². The second-order valence-electron chi connectivity index (χ2n) is 3.31. The van der Waals surface area contributed by atoms with Gasteiger partial charge in [0.2, 0.25) is 0 Å². The summed E-state index contributed by atoms with van der Waals surface area (Å²) in [5, 5.41) is 11.3. The van der Waals surface area contributed by atoms with Gasteiger partial charge in [0.15, 0.2) is 5.60 Å². The molecule has 0 aromatic heterocycles. The largest absolute Gasteiger partial charge is 0.428 e. The number of ether oxygens (including phenoxy) is 1. The van der Waals surface area contributed by atoms with E-state index in [0.717, 1.165) is 19.3 Å². The second-order valence-corrected chi connectivity index (χ2v) is 3.31. The molecule has 4 nitrogen and oxygen atoms in total. The van der Waals surface area contributed by atoms with Crippen molar-refractivity contribution in [2.24, 2.45) is 0 Å². The Morgan fingerprint density at radius 3 is 2.54 bits per heavy atom. The van der Waals surface area contributed by atoms with E-state index < -0.39 is 11.7 Å². The first kappa shape index (κ1) is 9.85. The van der Waals surface area contributed by atoms with Crippen LogP contribution in [0.1, 0.15) is 32.1 Å². The van der Waals surface area contributed by atoms with Crippen molar-refractivity contribution in [1.29, 1.82) is 5.26 Å². The van der Waals surface area contributed by atoms with Crippen LogP contribution < -0.4 is 5.32 Å². The van der Waals surface area contributed by atoms with Gasteiger partial charge in [0.25, 0.3) is 0 Å². The molecule has 0 aromatic rings. The molecule has 4 heteroatoms. The Bertz CT molecular complexity index is 226. The first-order valence-electron chi connectivity index (χ1n) is 4.54. The number of nitrogens with one attached hydrogen (secondary N) is 1. The van der Waals surface area contributed by atoms with Crippen molar-refractivity contribution in [3.63, 3.8) is 0 Å². The third-order valence-electron chi connectivity index (χ3n) is 2.36. The van der Waals surface area contributed by atoms with Gasteiger partial charge in [0, 0.05) is 19.9 Å². The highest BCUT2D eigenvalue weighted by Crippen LogP contribution is 2.30. The molecule has 0 radical (unpaired) electrons. The van der Waals surface area contributed by atoms with Crippen LogP contribution in [0.3, 0.4) is 0 Å². The van der Waals surface area contributed by atoms with Crippen LogP contribution in [0.4, 0.5) is 4.79 Å². The highest BCUT2D eigenvalue weighted by molar-refractivity contribution is 5.67. The van der Waals surface area contributed by atoms with Gasteiger partial charge in [-0.2, -0.15) is 5.26 Å². The number of rotatable bonds is 1. The van der Waals surface area contributed by atoms with Gasteiger partial charge >= 0.3 is 6.09 Å². The van der Waals surface area contributed by atoms with Gasteiger partial charge in [-0.3, -0.25) is 0 Å². The summed E-state index contributed by atoms with van der Waals surface area (Å²) in [6.07, 6.45) is 3.87. The Morgan fingerprint density at radius 2 is 2.08 bits per heavy atom. The van der Waals surface area contributed by atoms with Crippen molar-refractivity contribution >= 4 is 6.09 Å². The van der Waals surface area contributed by atoms with Crippen molar-refractivity contribution in [3.8, 4) is 6.07 Å². The van der Waals surface area contributed by atoms with E-state index in [-0.39, 0.29) is 0 Å². The van der Waals surface area contributed by atoms with Gasteiger partial charge in [-0.15, -0.1) is 0 Å². The molecule has 1 aliphatic rings. The van der Waals surface area contributed by atoms with Gasteiger partial charge in [0.1, 0.15) is 6.07 Å². The standard InChI is InChI=1S/C9H14N2O2/c1-11-8(12)13-9(7-10)5-3-2-4-6-9/h2-6H2,1H3,(H,11,12). The van der Waals surface area contributed by atoms with E-state index >= 15 is 0 Å². The number of hydrogen-bond donors (Lipinski definition) is 1. The summed E-state index contributed by atoms with van der Waals surface area (Å²) in [7, 11) is 1.50. The van der Waals surface area contributed by atoms with Crippen molar-refractivity contribution in [2.45, 2.75) is 37.7 Å². The van der Waals surface area contributed by atoms with Gasteiger partial charge in [-0.05, 0) is 12.8 Å². The van der Waals surface area contributed by atoms with Crippen LogP contribution in [0.15, 0.2) is 0 Å². The minimum atomic E-state index is -0.863. The van der Waals surface area contributed by atoms with Crippen LogP contribution >= 0.6 is 0 Å². The van der Waals surface area contributed by atoms with E-state index in [2.05, 4.69) is 11.4 Å². The molecule has 1 saturated carbocycles. The van der Waals surface area contributed by atoms with Gasteiger partial charge < -0.3 is 10.1 Å². The zero-order chi connectivity index (χ0) is 9.73. The summed E-state index contributed by atoms with van der Waals surface area (Å²) >= 11 is 0. The van der Waals surface area contributed by atoms with Crippen LogP contribution in [0.25, 0.3) is 0 Å². The van der Waals surface area contributed by atoms with Gasteiger partial charge in [-0.25, -0.2) is 4.79 Å². The predicted molar refractivity (Wildman–Crippen MR) is 47.0 cm³/mol. The summed E-state index contributed by atoms with van der Waals surface area (Å²) < 4.78 is 5.07. The summed E-state index contributed by atoms with van der Waals surface area (Å²) in [6, 6.07) is 2.10. The highest BCUT2D eigenvalue weighted by atomic mass is 16.6. The Hall–Kier alpha value is -1.24. The maximum Gasteiger partial charge on any atom is 0.408 e. The topological polar surface area (TPSA) is 62.1 Å². The molecule has 1 aliphatic carbocycles. The fourth-order valence-corrected chi connectivity index (χ4v) is 1.59. The van der Waals surface area contributed by atoms with Crippen LogP contribution in [-0.2, 0) is 4.74 Å². The normalized spacial score (nSPS) is 20.0. The highest BCUT2D eigenvalue weighted by Gasteiger charge is 2.35. The SMILES string of the molecule is CNC(=O)OC1(C#N)CCCCC1. The van der Waals surface area contributed by atoms with E-state index in [1.54, 1.807) is 0 Å². The Kier molecular flexibility index (Phi) is 3.13. The third kappa shape index (κ3) is 2.35. The van der Waals surface area contributed by atoms with Crippen molar-refractivity contribution < 1.29 is 9.53 Å². The van der Waals surface area contributed by atoms with Crippen molar-refractivity contribution in [1.82, 2.24) is 5.32 Å². The van der Waals surface area contributed by atoms with Gasteiger partial charge in [0.05, 0.1) is 0 Å². The number of carbonyl (C=O) groups is 1. The maximum absolute atomic E-state index is 11.0. The van der Waals surface area contributed by atoms with Gasteiger partial charge in [-0.1, -0.05) is 6.42 Å². The quantitative estimate of drug-likeness (QED) is 0.669. The average molecular weight is 182 g/mol. The average Bonchev–Trinajstić information content (AvgIpc) is 2.19. The number of amides is 1. The predicted octanol–water partition coefficient (Wildman–Crippen LogP) is 1.57. The third-order valence-corrected chi connectivity index (χ3v) is 2.36. The van der Waals surface area contributed by atoms with Crippen LogP contribution in [0.2, 0.25) is 0 Å². The van der Waals surface area contributed by atoms with Crippen LogP contribution in [0, 0.1) is 11.3 Å². The molecule has 0 spiro atoms. The molecule has 72 valence electrons. The zero-order valence-corrected chi connectivity index (χ0v) is 7.80. The molecule has 0 aromatic carbocycles. The minimum absolute atomic E-state index is 0.511. The molecular formula is C9H14N2O2. The molecule has 13 heavy (non-hydrogen) atoms. The molecule has 0 heterocycles. The minimum Gasteiger partial charge on any atom is -0.428 e. The molecule has 0 saturated heterocycles. The maximum atomic E-state index is 11.0. The van der Waals surface area contributed by atoms with E-state index in [0.29, 0.717) is 12.8 Å². The summed E-state index contributed by atoms with van der Waals surface area (Å²) in [5.41, 5.74) is -0.863. The molecule has 1 rings (SSSR count). The van der Waals surface area contributed by atoms with Crippen molar-refractivity contribution in [3.05, 3.63) is 0 Å². The molecular weight excluding hydrogens is 168 g/mol. The number of carbonyl (C=O) groups excluding carboxylic acids is 1.